The third kappa shape index (κ3) is 16.9. The van der Waals surface area contributed by atoms with E-state index in [-0.39, 0.29) is 54.6 Å². The molecule has 4 N–H and O–H groups in total. The van der Waals surface area contributed by atoms with Crippen LogP contribution in [0.4, 0.5) is 26.3 Å². The first kappa shape index (κ1) is 37.2. The Morgan fingerprint density at radius 3 is 0.650 bits per heavy atom. The summed E-state index contributed by atoms with van der Waals surface area (Å²) in [5.41, 5.74) is -10.6. The van der Waals surface area contributed by atoms with Crippen molar-refractivity contribution in [2.24, 2.45) is 10.3 Å². The van der Waals surface area contributed by atoms with E-state index < -0.39 is 31.1 Å². The molecule has 0 unspecified atom stereocenters. The second-order valence-electron chi connectivity index (χ2n) is 1.98. The molecule has 0 aromatic heterocycles. The Morgan fingerprint density at radius 2 is 0.650 bits per heavy atom. The van der Waals surface area contributed by atoms with Crippen molar-refractivity contribution in [3.63, 3.8) is 0 Å². The summed E-state index contributed by atoms with van der Waals surface area (Å²) in [5.74, 6) is 0. The molecule has 0 aromatic rings. The van der Waals surface area contributed by atoms with Crippen LogP contribution in [0.15, 0.2) is 0 Å². The van der Waals surface area contributed by atoms with Gasteiger partial charge in [-0.25, -0.2) is 27.1 Å². The van der Waals surface area contributed by atoms with Crippen molar-refractivity contribution < 1.29 is 80.4 Å². The van der Waals surface area contributed by atoms with Gasteiger partial charge in [-0.05, 0) is 0 Å². The van der Waals surface area contributed by atoms with E-state index in [0.29, 0.717) is 0 Å². The molecule has 6 nitrogen and oxygen atoms in total. The van der Waals surface area contributed by atoms with Gasteiger partial charge < -0.3 is 37.2 Å². The molecule has 0 radical (unpaired) electrons. The van der Waals surface area contributed by atoms with Crippen molar-refractivity contribution in [3.8, 4) is 0 Å². The molecule has 0 saturated heterocycles. The molecule has 0 fully saturated rings. The van der Waals surface area contributed by atoms with Gasteiger partial charge in [0.25, 0.3) is 0 Å². The Bertz CT molecular complexity index is 392. The SMILES string of the molecule is NS(=O)(=O)C(F)(F)F.NS(=O)(=O)C(F)(F)F.[Al+3].[Cl-].[Cl-].[Cl-]. The van der Waals surface area contributed by atoms with Gasteiger partial charge in [-0.1, -0.05) is 0 Å². The van der Waals surface area contributed by atoms with Gasteiger partial charge in [-0.2, -0.15) is 26.3 Å². The molecule has 0 aliphatic heterocycles. The molecule has 0 saturated carbocycles. The average molecular weight is 432 g/mol. The first-order valence-corrected chi connectivity index (χ1v) is 5.77. The van der Waals surface area contributed by atoms with Crippen LogP contribution >= 0.6 is 0 Å². The van der Waals surface area contributed by atoms with E-state index in [4.69, 9.17) is 0 Å². The van der Waals surface area contributed by atoms with E-state index in [1.54, 1.807) is 0 Å². The Kier molecular flexibility index (Phi) is 21.2. The van der Waals surface area contributed by atoms with E-state index in [1.807, 2.05) is 0 Å². The number of rotatable bonds is 0. The minimum Gasteiger partial charge on any atom is -1.00 e. The molecule has 0 heterocycles. The van der Waals surface area contributed by atoms with Crippen LogP contribution in [-0.4, -0.2) is 45.2 Å². The Hall–Kier alpha value is 0.802. The normalized spacial score (nSPS) is 11.2. The summed E-state index contributed by atoms with van der Waals surface area (Å²) in [4.78, 5) is 0. The van der Waals surface area contributed by atoms with Crippen molar-refractivity contribution in [2.45, 2.75) is 11.0 Å². The van der Waals surface area contributed by atoms with Crippen molar-refractivity contribution in [1.29, 1.82) is 0 Å². The zero-order chi connectivity index (χ0) is 14.0. The van der Waals surface area contributed by atoms with Gasteiger partial charge in [-0.15, -0.1) is 0 Å². The largest absolute Gasteiger partial charge is 3.00 e. The molecular weight excluding hydrogens is 427 g/mol. The van der Waals surface area contributed by atoms with Gasteiger partial charge in [0.1, 0.15) is 0 Å². The molecule has 0 aliphatic carbocycles. The van der Waals surface area contributed by atoms with Crippen LogP contribution in [0.25, 0.3) is 0 Å². The van der Waals surface area contributed by atoms with Crippen LogP contribution in [-0.2, 0) is 20.0 Å². The van der Waals surface area contributed by atoms with E-state index in [0.717, 1.165) is 0 Å². The maximum absolute atomic E-state index is 10.8. The van der Waals surface area contributed by atoms with Crippen LogP contribution in [0.2, 0.25) is 0 Å². The molecule has 0 atom stereocenters. The second-order valence-corrected chi connectivity index (χ2v) is 5.09. The van der Waals surface area contributed by atoms with E-state index in [2.05, 4.69) is 10.3 Å². The minimum atomic E-state index is -5.34. The summed E-state index contributed by atoms with van der Waals surface area (Å²) >= 11 is 0. The maximum atomic E-state index is 10.8. The first-order chi connectivity index (χ1) is 6.50. The average Bonchev–Trinajstić information content (AvgIpc) is 1.77. The fraction of sp³-hybridized carbons (Fsp3) is 1.00. The number of primary sulfonamides is 2. The Balaban J connectivity index is -0.0000000408. The van der Waals surface area contributed by atoms with Crippen LogP contribution in [0.5, 0.6) is 0 Å². The number of halogens is 9. The summed E-state index contributed by atoms with van der Waals surface area (Å²) < 4.78 is 102. The van der Waals surface area contributed by atoms with Crippen molar-refractivity contribution in [3.05, 3.63) is 0 Å². The molecule has 0 spiro atoms. The van der Waals surface area contributed by atoms with Crippen molar-refractivity contribution >= 4 is 37.4 Å². The smallest absolute Gasteiger partial charge is 1.00 e. The number of nitrogens with two attached hydrogens (primary N) is 2. The number of alkyl halides is 6. The monoisotopic (exact) mass is 430 g/mol. The maximum Gasteiger partial charge on any atom is 3.00 e. The van der Waals surface area contributed by atoms with Crippen LogP contribution < -0.4 is 47.5 Å². The van der Waals surface area contributed by atoms with Crippen LogP contribution in [0.3, 0.4) is 0 Å². The topological polar surface area (TPSA) is 120 Å². The van der Waals surface area contributed by atoms with Crippen LogP contribution in [0, 0.1) is 0 Å². The zero-order valence-electron chi connectivity index (χ0n) is 8.58. The molecule has 0 aromatic carbocycles. The number of hydrogen-bond acceptors (Lipinski definition) is 4. The number of hydrogen-bond donors (Lipinski definition) is 2. The van der Waals surface area contributed by atoms with Gasteiger partial charge in [0.05, 0.1) is 0 Å². The van der Waals surface area contributed by atoms with Gasteiger partial charge in [0, 0.05) is 0 Å². The van der Waals surface area contributed by atoms with E-state index in [9.17, 15) is 43.2 Å². The standard InChI is InChI=1S/2CH2F3NO2S.Al.3ClH/c2*2-1(3,4)8(5,6)7;;;;/h2*(H2,5,6,7);;3*1H/q;;+3;;;/p-3. The van der Waals surface area contributed by atoms with E-state index >= 15 is 0 Å². The molecule has 20 heavy (non-hydrogen) atoms. The van der Waals surface area contributed by atoms with Gasteiger partial charge in [0.15, 0.2) is 0 Å². The fourth-order valence-electron chi connectivity index (χ4n) is 0. The molecule has 0 rings (SSSR count). The minimum absolute atomic E-state index is 0. The zero-order valence-corrected chi connectivity index (χ0v) is 13.6. The molecule has 0 aliphatic rings. The summed E-state index contributed by atoms with van der Waals surface area (Å²) in [6.45, 7) is 0. The summed E-state index contributed by atoms with van der Waals surface area (Å²) in [7, 11) is -10.7. The van der Waals surface area contributed by atoms with Gasteiger partial charge in [0.2, 0.25) is 0 Å². The van der Waals surface area contributed by atoms with Crippen molar-refractivity contribution in [2.75, 3.05) is 0 Å². The molecular formula is C2H4AlCl3F6N2O4S2. The van der Waals surface area contributed by atoms with Gasteiger partial charge in [-0.3, -0.25) is 0 Å². The summed E-state index contributed by atoms with van der Waals surface area (Å²) in [6.07, 6.45) is 0. The van der Waals surface area contributed by atoms with E-state index in [1.165, 1.54) is 0 Å². The van der Waals surface area contributed by atoms with Crippen LogP contribution in [0.1, 0.15) is 0 Å². The molecule has 18 heteroatoms. The predicted octanol–water partition coefficient (Wildman–Crippen LogP) is -9.78. The molecule has 0 amide bonds. The predicted molar refractivity (Wildman–Crippen MR) is 44.1 cm³/mol. The summed E-state index contributed by atoms with van der Waals surface area (Å²) in [6, 6.07) is 0. The Morgan fingerprint density at radius 1 is 0.600 bits per heavy atom. The van der Waals surface area contributed by atoms with Gasteiger partial charge >= 0.3 is 48.4 Å². The third-order valence-corrected chi connectivity index (χ3v) is 1.94. The quantitative estimate of drug-likeness (QED) is 0.292. The summed E-state index contributed by atoms with van der Waals surface area (Å²) in [5, 5.41) is 7.32. The first-order valence-electron chi connectivity index (χ1n) is 2.68. The Labute approximate surface area is 139 Å². The number of sulfonamides is 2. The molecule has 124 valence electrons. The third-order valence-electron chi connectivity index (χ3n) is 0.645. The molecule has 0 bridgehead atoms. The van der Waals surface area contributed by atoms with Crippen molar-refractivity contribution in [1.82, 2.24) is 0 Å². The fourth-order valence-corrected chi connectivity index (χ4v) is 0. The second kappa shape index (κ2) is 11.4.